The predicted molar refractivity (Wildman–Crippen MR) is 389 cm³/mol. The van der Waals surface area contributed by atoms with E-state index in [9.17, 15) is 0 Å². The van der Waals surface area contributed by atoms with Gasteiger partial charge in [0.2, 0.25) is 0 Å². The zero-order chi connectivity index (χ0) is 62.5. The van der Waals surface area contributed by atoms with Crippen LogP contribution in [0.2, 0.25) is 0 Å². The van der Waals surface area contributed by atoms with Crippen LogP contribution in [0.15, 0.2) is 326 Å². The lowest BCUT2D eigenvalue weighted by Gasteiger charge is -2.45. The van der Waals surface area contributed by atoms with Crippen LogP contribution in [-0.2, 0) is 0 Å². The average Bonchev–Trinajstić information content (AvgIpc) is 0.961. The van der Waals surface area contributed by atoms with E-state index < -0.39 is 0 Å². The van der Waals surface area contributed by atoms with E-state index in [1.165, 1.54) is 22.1 Å². The Kier molecular flexibility index (Phi) is 12.5. The van der Waals surface area contributed by atoms with Gasteiger partial charge in [-0.2, -0.15) is 0 Å². The Morgan fingerprint density at radius 3 is 1.51 bits per heavy atom. The van der Waals surface area contributed by atoms with Gasteiger partial charge in [-0.25, -0.2) is 24.9 Å². The number of fused-ring (bicyclic) bond motifs is 11. The van der Waals surface area contributed by atoms with Gasteiger partial charge in [0, 0.05) is 83.5 Å². The highest BCUT2D eigenvalue weighted by Gasteiger charge is 2.44. The largest absolute Gasteiger partial charge is 0.455 e. The number of nitrogens with zero attached hydrogens (tertiary/aromatic N) is 8. The first-order valence-electron chi connectivity index (χ1n) is 32.1. The lowest BCUT2D eigenvalue weighted by Crippen LogP contribution is -2.61. The highest BCUT2D eigenvalue weighted by atomic mass is 16.3. The van der Waals surface area contributed by atoms with E-state index >= 15 is 0 Å². The SMILES string of the molecule is c1ccc(-c2cc(-c3cccc(-c4ccc5c6c4N(c4ccccc4)c4ccccc4B6c4ccccc4N5c4ccccc4)c3)nc(-c3cc(-c4nc(-c5ccccc5)nc(-c5ccccc5)n4)ccc3-n3c4ccccc4c4c5oc6ccccc6c5ccc43)n2)cc1. The molecule has 13 aromatic carbocycles. The summed E-state index contributed by atoms with van der Waals surface area (Å²) in [5, 5.41) is 4.23. The van der Waals surface area contributed by atoms with E-state index in [0.717, 1.165) is 134 Å². The molecule has 0 saturated carbocycles. The molecule has 4 aromatic heterocycles. The average molecular weight is 1210 g/mol. The van der Waals surface area contributed by atoms with Gasteiger partial charge in [0.05, 0.1) is 39.2 Å². The summed E-state index contributed by atoms with van der Waals surface area (Å²) >= 11 is 0. The number of benzene rings is 13. The van der Waals surface area contributed by atoms with Crippen molar-refractivity contribution in [2.75, 3.05) is 9.80 Å². The van der Waals surface area contributed by atoms with Crippen LogP contribution in [0.1, 0.15) is 0 Å². The van der Waals surface area contributed by atoms with E-state index in [-0.39, 0.29) is 6.71 Å². The van der Waals surface area contributed by atoms with Gasteiger partial charge in [0.25, 0.3) is 6.71 Å². The Labute approximate surface area is 547 Å². The molecule has 95 heavy (non-hydrogen) atoms. The van der Waals surface area contributed by atoms with E-state index in [4.69, 9.17) is 29.3 Å². The van der Waals surface area contributed by atoms with Crippen molar-refractivity contribution in [2.24, 2.45) is 0 Å². The summed E-state index contributed by atoms with van der Waals surface area (Å²) in [6, 6.07) is 114. The van der Waals surface area contributed by atoms with Crippen LogP contribution in [0.5, 0.6) is 0 Å². The quantitative estimate of drug-likeness (QED) is 0.125. The molecule has 0 aliphatic carbocycles. The maximum absolute atomic E-state index is 6.85. The van der Waals surface area contributed by atoms with Gasteiger partial charge in [-0.1, -0.05) is 224 Å². The molecule has 0 unspecified atom stereocenters. The van der Waals surface area contributed by atoms with Crippen molar-refractivity contribution in [3.8, 4) is 84.9 Å². The summed E-state index contributed by atoms with van der Waals surface area (Å²) in [5.74, 6) is 2.18. The predicted octanol–water partition coefficient (Wildman–Crippen LogP) is 19.4. The fourth-order valence-electron chi connectivity index (χ4n) is 14.7. The van der Waals surface area contributed by atoms with E-state index in [0.29, 0.717) is 23.3 Å². The smallest absolute Gasteiger partial charge is 0.252 e. The highest BCUT2D eigenvalue weighted by Crippen LogP contribution is 2.49. The third-order valence-corrected chi connectivity index (χ3v) is 18.8. The van der Waals surface area contributed by atoms with E-state index in [1.807, 2.05) is 78.9 Å². The minimum absolute atomic E-state index is 0.0510. The Hall–Kier alpha value is -12.8. The molecule has 2 aliphatic rings. The second-order valence-corrected chi connectivity index (χ2v) is 24.3. The number of furan rings is 1. The lowest BCUT2D eigenvalue weighted by atomic mass is 9.33. The normalized spacial score (nSPS) is 12.4. The molecular formula is C85H53BN8O. The van der Waals surface area contributed by atoms with Crippen molar-refractivity contribution >= 4 is 101 Å². The molecule has 0 amide bonds. The minimum atomic E-state index is -0.0510. The number of aromatic nitrogens is 6. The van der Waals surface area contributed by atoms with E-state index in [2.05, 4.69) is 257 Å². The Morgan fingerprint density at radius 1 is 0.295 bits per heavy atom. The number of rotatable bonds is 10. The maximum Gasteiger partial charge on any atom is 0.252 e. The molecular weight excluding hydrogens is 1160 g/mol. The number of para-hydroxylation sites is 6. The molecule has 17 aromatic rings. The van der Waals surface area contributed by atoms with Crippen LogP contribution in [0.3, 0.4) is 0 Å². The second kappa shape index (κ2) is 22.0. The van der Waals surface area contributed by atoms with Crippen LogP contribution in [0.25, 0.3) is 129 Å². The van der Waals surface area contributed by atoms with Crippen LogP contribution in [-0.4, -0.2) is 36.2 Å². The summed E-state index contributed by atoms with van der Waals surface area (Å²) in [5.41, 5.74) is 24.0. The summed E-state index contributed by atoms with van der Waals surface area (Å²) < 4.78 is 9.19. The maximum atomic E-state index is 6.85. The van der Waals surface area contributed by atoms with Gasteiger partial charge in [0.15, 0.2) is 23.3 Å². The summed E-state index contributed by atoms with van der Waals surface area (Å²) in [4.78, 5) is 32.0. The monoisotopic (exact) mass is 1210 g/mol. The Balaban J connectivity index is 0.854. The molecule has 6 heterocycles. The minimum Gasteiger partial charge on any atom is -0.455 e. The van der Waals surface area contributed by atoms with Gasteiger partial charge in [-0.05, 0) is 119 Å². The molecule has 0 atom stereocenters. The van der Waals surface area contributed by atoms with Crippen LogP contribution >= 0.6 is 0 Å². The molecule has 2 aliphatic heterocycles. The summed E-state index contributed by atoms with van der Waals surface area (Å²) in [6.07, 6.45) is 0. The zero-order valence-corrected chi connectivity index (χ0v) is 51.2. The van der Waals surface area contributed by atoms with E-state index in [1.54, 1.807) is 0 Å². The van der Waals surface area contributed by atoms with Gasteiger partial charge in [-0.3, -0.25) is 0 Å². The molecule has 442 valence electrons. The van der Waals surface area contributed by atoms with Crippen molar-refractivity contribution in [3.05, 3.63) is 322 Å². The molecule has 0 saturated heterocycles. The molecule has 0 fully saturated rings. The van der Waals surface area contributed by atoms with Gasteiger partial charge < -0.3 is 18.8 Å². The third-order valence-electron chi connectivity index (χ3n) is 18.8. The van der Waals surface area contributed by atoms with Gasteiger partial charge in [-0.15, -0.1) is 0 Å². The second-order valence-electron chi connectivity index (χ2n) is 24.3. The third kappa shape index (κ3) is 8.83. The first-order valence-corrected chi connectivity index (χ1v) is 32.1. The molecule has 0 radical (unpaired) electrons. The first-order chi connectivity index (χ1) is 47.1. The Morgan fingerprint density at radius 2 is 0.821 bits per heavy atom. The molecule has 0 N–H and O–H groups in total. The highest BCUT2D eigenvalue weighted by molar-refractivity contribution is 7.00. The standard InChI is InChI=1S/C85H53BN8O/c1-6-25-54(26-7-1)69-53-70(58-32-24-31-57(51-58)62-46-50-76-79-80(62)93(61-35-14-5-15-36-61)74-43-22-19-40-68(74)86(79)67-39-18-21-42-73(67)92(76)60-33-12-4-13-34-60)88-85(87-69)66-52-59(84-90-82(55-27-8-2-9-28-55)89-83(91-84)56-29-10-3-11-30-56)45-48-72(66)94-71-41-20-16-38-65(71)78-75(94)49-47-64-63-37-17-23-44-77(63)95-81(64)78/h1-53H. The van der Waals surface area contributed by atoms with Crippen LogP contribution in [0, 0.1) is 0 Å². The number of hydrogen-bond donors (Lipinski definition) is 0. The zero-order valence-electron chi connectivity index (χ0n) is 51.2. The molecule has 19 rings (SSSR count). The fraction of sp³-hybridized carbons (Fsp3) is 0. The van der Waals surface area contributed by atoms with Crippen molar-refractivity contribution in [3.63, 3.8) is 0 Å². The molecule has 0 bridgehead atoms. The topological polar surface area (TPSA) is 89.0 Å². The van der Waals surface area contributed by atoms with Crippen molar-refractivity contribution in [1.82, 2.24) is 29.5 Å². The fourth-order valence-corrected chi connectivity index (χ4v) is 14.7. The number of hydrogen-bond acceptors (Lipinski definition) is 8. The van der Waals surface area contributed by atoms with Gasteiger partial charge in [0.1, 0.15) is 11.2 Å². The van der Waals surface area contributed by atoms with Crippen LogP contribution < -0.4 is 26.2 Å². The van der Waals surface area contributed by atoms with Crippen molar-refractivity contribution < 1.29 is 4.42 Å². The van der Waals surface area contributed by atoms with Crippen molar-refractivity contribution in [2.45, 2.75) is 0 Å². The first kappa shape index (κ1) is 54.0. The summed E-state index contributed by atoms with van der Waals surface area (Å²) in [6.45, 7) is -0.0510. The molecule has 9 nitrogen and oxygen atoms in total. The summed E-state index contributed by atoms with van der Waals surface area (Å²) in [7, 11) is 0. The molecule has 0 spiro atoms. The lowest BCUT2D eigenvalue weighted by molar-refractivity contribution is 0.673. The Bertz CT molecular complexity index is 5810. The van der Waals surface area contributed by atoms with Crippen molar-refractivity contribution in [1.29, 1.82) is 0 Å². The van der Waals surface area contributed by atoms with Gasteiger partial charge >= 0.3 is 0 Å². The molecule has 10 heteroatoms. The van der Waals surface area contributed by atoms with Crippen LogP contribution in [0.4, 0.5) is 34.1 Å². The number of anilines is 6.